The number of Topliss-reactive ketones (excluding diaryl/α,β-unsaturated/α-hetero) is 1. The standard InChI is InChI=1S/C11H13ClO2/c1-8-2-9(5-11(14)6-12)4-10(3-8)7-13/h2-4,13H,5-7H2,1H3. The summed E-state index contributed by atoms with van der Waals surface area (Å²) >= 11 is 5.42. The second-order valence-corrected chi connectivity index (χ2v) is 3.60. The zero-order chi connectivity index (χ0) is 10.6. The second-order valence-electron chi connectivity index (χ2n) is 3.33. The van der Waals surface area contributed by atoms with Crippen molar-refractivity contribution < 1.29 is 9.90 Å². The minimum atomic E-state index is 0.00107. The molecule has 0 unspecified atom stereocenters. The molecule has 2 nitrogen and oxygen atoms in total. The Hall–Kier alpha value is -0.860. The smallest absolute Gasteiger partial charge is 0.151 e. The van der Waals surface area contributed by atoms with Gasteiger partial charge >= 0.3 is 0 Å². The summed E-state index contributed by atoms with van der Waals surface area (Å²) in [6.07, 6.45) is 0.345. The van der Waals surface area contributed by atoms with Crippen LogP contribution in [-0.4, -0.2) is 16.8 Å². The van der Waals surface area contributed by atoms with Crippen molar-refractivity contribution in [3.63, 3.8) is 0 Å². The molecule has 1 aromatic rings. The predicted octanol–water partition coefficient (Wildman–Crippen LogP) is 1.84. The molecule has 0 aliphatic carbocycles. The van der Waals surface area contributed by atoms with Gasteiger partial charge in [-0.2, -0.15) is 0 Å². The molecule has 0 fully saturated rings. The zero-order valence-electron chi connectivity index (χ0n) is 8.09. The minimum Gasteiger partial charge on any atom is -0.392 e. The van der Waals surface area contributed by atoms with E-state index in [1.807, 2.05) is 25.1 Å². The van der Waals surface area contributed by atoms with E-state index in [0.29, 0.717) is 6.42 Å². The van der Waals surface area contributed by atoms with Crippen molar-refractivity contribution in [1.82, 2.24) is 0 Å². The van der Waals surface area contributed by atoms with Gasteiger partial charge in [-0.15, -0.1) is 11.6 Å². The molecule has 0 amide bonds. The Morgan fingerprint density at radius 3 is 2.57 bits per heavy atom. The molecule has 0 heterocycles. The lowest BCUT2D eigenvalue weighted by Gasteiger charge is -2.04. The number of aliphatic hydroxyl groups is 1. The van der Waals surface area contributed by atoms with E-state index in [-0.39, 0.29) is 18.3 Å². The summed E-state index contributed by atoms with van der Waals surface area (Å²) in [7, 11) is 0. The fraction of sp³-hybridized carbons (Fsp3) is 0.364. The number of hydrogen-bond acceptors (Lipinski definition) is 2. The van der Waals surface area contributed by atoms with Crippen LogP contribution >= 0.6 is 11.6 Å². The maximum absolute atomic E-state index is 11.1. The van der Waals surface area contributed by atoms with Crippen LogP contribution in [0.1, 0.15) is 16.7 Å². The third-order valence-corrected chi connectivity index (χ3v) is 2.23. The van der Waals surface area contributed by atoms with E-state index in [2.05, 4.69) is 0 Å². The summed E-state index contributed by atoms with van der Waals surface area (Å²) in [4.78, 5) is 11.1. The first kappa shape index (κ1) is 11.2. The quantitative estimate of drug-likeness (QED) is 0.774. The topological polar surface area (TPSA) is 37.3 Å². The number of benzene rings is 1. The first-order chi connectivity index (χ1) is 6.65. The van der Waals surface area contributed by atoms with Gasteiger partial charge in [0.25, 0.3) is 0 Å². The van der Waals surface area contributed by atoms with Crippen molar-refractivity contribution in [1.29, 1.82) is 0 Å². The molecule has 3 heteroatoms. The Balaban J connectivity index is 2.86. The molecule has 0 spiro atoms. The van der Waals surface area contributed by atoms with E-state index in [9.17, 15) is 4.79 Å². The highest BCUT2D eigenvalue weighted by molar-refractivity contribution is 6.27. The number of carbonyl (C=O) groups excluding carboxylic acids is 1. The SMILES string of the molecule is Cc1cc(CO)cc(CC(=O)CCl)c1. The van der Waals surface area contributed by atoms with E-state index in [1.54, 1.807) is 0 Å². The first-order valence-electron chi connectivity index (χ1n) is 4.43. The Kier molecular flexibility index (Phi) is 4.11. The molecule has 0 aliphatic rings. The summed E-state index contributed by atoms with van der Waals surface area (Å²) in [6.45, 7) is 1.94. The molecular formula is C11H13ClO2. The van der Waals surface area contributed by atoms with Crippen LogP contribution in [0.25, 0.3) is 0 Å². The lowest BCUT2D eigenvalue weighted by Crippen LogP contribution is -2.04. The van der Waals surface area contributed by atoms with E-state index >= 15 is 0 Å². The molecule has 0 saturated heterocycles. The lowest BCUT2D eigenvalue weighted by molar-refractivity contribution is -0.116. The van der Waals surface area contributed by atoms with E-state index in [0.717, 1.165) is 16.7 Å². The molecule has 1 rings (SSSR count). The van der Waals surface area contributed by atoms with Crippen molar-refractivity contribution in [2.75, 3.05) is 5.88 Å². The minimum absolute atomic E-state index is 0.00107. The number of hydrogen-bond donors (Lipinski definition) is 1. The van der Waals surface area contributed by atoms with E-state index in [1.165, 1.54) is 0 Å². The fourth-order valence-corrected chi connectivity index (χ4v) is 1.51. The van der Waals surface area contributed by atoms with Crippen LogP contribution in [0, 0.1) is 6.92 Å². The normalized spacial score (nSPS) is 10.2. The van der Waals surface area contributed by atoms with Gasteiger partial charge < -0.3 is 5.11 Å². The molecule has 0 atom stereocenters. The van der Waals surface area contributed by atoms with Crippen molar-refractivity contribution >= 4 is 17.4 Å². The Morgan fingerprint density at radius 2 is 2.00 bits per heavy atom. The van der Waals surface area contributed by atoms with Crippen molar-refractivity contribution in [2.24, 2.45) is 0 Å². The van der Waals surface area contributed by atoms with Gasteiger partial charge in [0.1, 0.15) is 0 Å². The largest absolute Gasteiger partial charge is 0.392 e. The van der Waals surface area contributed by atoms with Gasteiger partial charge in [0.2, 0.25) is 0 Å². The predicted molar refractivity (Wildman–Crippen MR) is 56.5 cm³/mol. The van der Waals surface area contributed by atoms with Crippen LogP contribution in [0.15, 0.2) is 18.2 Å². The first-order valence-corrected chi connectivity index (χ1v) is 4.97. The van der Waals surface area contributed by atoms with Crippen LogP contribution in [0.5, 0.6) is 0 Å². The van der Waals surface area contributed by atoms with Gasteiger partial charge in [0.05, 0.1) is 12.5 Å². The molecule has 1 N–H and O–H groups in total. The zero-order valence-corrected chi connectivity index (χ0v) is 8.84. The van der Waals surface area contributed by atoms with Crippen LogP contribution in [-0.2, 0) is 17.8 Å². The maximum atomic E-state index is 11.1. The number of halogens is 1. The van der Waals surface area contributed by atoms with E-state index in [4.69, 9.17) is 16.7 Å². The number of aryl methyl sites for hydroxylation is 1. The van der Waals surface area contributed by atoms with Crippen molar-refractivity contribution in [3.05, 3.63) is 34.9 Å². The number of rotatable bonds is 4. The summed E-state index contributed by atoms with van der Waals surface area (Å²) in [5, 5.41) is 8.97. The van der Waals surface area contributed by atoms with Crippen LogP contribution in [0.4, 0.5) is 0 Å². The molecule has 14 heavy (non-hydrogen) atoms. The summed E-state index contributed by atoms with van der Waals surface area (Å²) in [5.74, 6) is 0.0451. The fourth-order valence-electron chi connectivity index (χ4n) is 1.42. The molecule has 0 bridgehead atoms. The lowest BCUT2D eigenvalue weighted by atomic mass is 10.0. The van der Waals surface area contributed by atoms with Crippen LogP contribution in [0.3, 0.4) is 0 Å². The molecule has 76 valence electrons. The van der Waals surface area contributed by atoms with Gasteiger partial charge in [-0.05, 0) is 18.1 Å². The molecule has 0 aliphatic heterocycles. The van der Waals surface area contributed by atoms with Gasteiger partial charge in [-0.25, -0.2) is 0 Å². The summed E-state index contributed by atoms with van der Waals surface area (Å²) in [5.41, 5.74) is 2.80. The average molecular weight is 213 g/mol. The maximum Gasteiger partial charge on any atom is 0.151 e. The highest BCUT2D eigenvalue weighted by Crippen LogP contribution is 2.11. The van der Waals surface area contributed by atoms with Gasteiger partial charge in [-0.1, -0.05) is 23.8 Å². The number of ketones is 1. The van der Waals surface area contributed by atoms with Gasteiger partial charge in [-0.3, -0.25) is 4.79 Å². The molecule has 0 aromatic heterocycles. The summed E-state index contributed by atoms with van der Waals surface area (Å²) < 4.78 is 0. The Morgan fingerprint density at radius 1 is 1.36 bits per heavy atom. The van der Waals surface area contributed by atoms with Gasteiger partial charge in [0.15, 0.2) is 5.78 Å². The summed E-state index contributed by atoms with van der Waals surface area (Å²) in [6, 6.07) is 5.66. The Bertz CT molecular complexity index is 334. The third-order valence-electron chi connectivity index (χ3n) is 1.93. The van der Waals surface area contributed by atoms with Gasteiger partial charge in [0, 0.05) is 6.42 Å². The number of alkyl halides is 1. The van der Waals surface area contributed by atoms with Crippen molar-refractivity contribution in [2.45, 2.75) is 20.0 Å². The molecule has 1 aromatic carbocycles. The highest BCUT2D eigenvalue weighted by Gasteiger charge is 2.03. The monoisotopic (exact) mass is 212 g/mol. The van der Waals surface area contributed by atoms with E-state index < -0.39 is 0 Å². The number of aliphatic hydroxyl groups excluding tert-OH is 1. The number of carbonyl (C=O) groups is 1. The van der Waals surface area contributed by atoms with Crippen LogP contribution < -0.4 is 0 Å². The molecular weight excluding hydrogens is 200 g/mol. The highest BCUT2D eigenvalue weighted by atomic mass is 35.5. The molecule has 0 radical (unpaired) electrons. The Labute approximate surface area is 88.5 Å². The van der Waals surface area contributed by atoms with Crippen LogP contribution in [0.2, 0.25) is 0 Å². The third kappa shape index (κ3) is 3.13. The average Bonchev–Trinajstić information content (AvgIpc) is 2.16. The molecule has 0 saturated carbocycles. The van der Waals surface area contributed by atoms with Crippen molar-refractivity contribution in [3.8, 4) is 0 Å². The second kappa shape index (κ2) is 5.13.